The van der Waals surface area contributed by atoms with Crippen LogP contribution in [0.3, 0.4) is 0 Å². The molecule has 0 atom stereocenters. The van der Waals surface area contributed by atoms with Gasteiger partial charge in [0.2, 0.25) is 0 Å². The van der Waals surface area contributed by atoms with E-state index < -0.39 is 4.92 Å². The van der Waals surface area contributed by atoms with E-state index in [0.717, 1.165) is 36.5 Å². The number of fused-ring (bicyclic) bond motifs is 1. The van der Waals surface area contributed by atoms with Crippen molar-refractivity contribution in [2.75, 3.05) is 39.2 Å². The Balaban J connectivity index is 2.38. The summed E-state index contributed by atoms with van der Waals surface area (Å²) >= 11 is 0. The van der Waals surface area contributed by atoms with Crippen molar-refractivity contribution in [3.05, 3.63) is 40.1 Å². The van der Waals surface area contributed by atoms with Crippen molar-refractivity contribution in [2.24, 2.45) is 0 Å². The van der Waals surface area contributed by atoms with Crippen molar-refractivity contribution < 1.29 is 9.66 Å². The van der Waals surface area contributed by atoms with Gasteiger partial charge in [-0.05, 0) is 32.1 Å². The summed E-state index contributed by atoms with van der Waals surface area (Å²) in [5, 5.41) is 11.1. The summed E-state index contributed by atoms with van der Waals surface area (Å²) in [7, 11) is 5.39. The third-order valence-corrected chi connectivity index (χ3v) is 3.35. The predicted octanol–water partition coefficient (Wildman–Crippen LogP) is 2.04. The van der Waals surface area contributed by atoms with Crippen LogP contribution in [-0.2, 0) is 6.42 Å². The zero-order valence-electron chi connectivity index (χ0n) is 12.0. The minimum absolute atomic E-state index is 0.00389. The van der Waals surface area contributed by atoms with Gasteiger partial charge in [0.1, 0.15) is 0 Å². The van der Waals surface area contributed by atoms with Gasteiger partial charge in [-0.2, -0.15) is 0 Å². The van der Waals surface area contributed by atoms with Crippen molar-refractivity contribution >= 4 is 11.4 Å². The van der Waals surface area contributed by atoms with Gasteiger partial charge in [-0.15, -0.1) is 0 Å². The maximum absolute atomic E-state index is 11.1. The Hall–Kier alpha value is -2.08. The van der Waals surface area contributed by atoms with Gasteiger partial charge in [0.25, 0.3) is 0 Å². The molecule has 0 unspecified atom stereocenters. The number of nitro benzene ring substituents is 1. The molecule has 0 saturated heterocycles. The van der Waals surface area contributed by atoms with Crippen molar-refractivity contribution in [3.8, 4) is 5.75 Å². The fraction of sp³-hybridized carbons (Fsp3) is 0.429. The molecule has 2 rings (SSSR count). The van der Waals surface area contributed by atoms with Gasteiger partial charge in [-0.3, -0.25) is 10.1 Å². The van der Waals surface area contributed by atoms with Crippen LogP contribution in [0.25, 0.3) is 0 Å². The first-order valence-electron chi connectivity index (χ1n) is 6.39. The summed E-state index contributed by atoms with van der Waals surface area (Å²) in [6, 6.07) is 3.35. The molecule has 1 aliphatic heterocycles. The van der Waals surface area contributed by atoms with Crippen LogP contribution in [0, 0.1) is 10.1 Å². The van der Waals surface area contributed by atoms with Gasteiger partial charge in [0, 0.05) is 24.9 Å². The molecule has 6 heteroatoms. The van der Waals surface area contributed by atoms with Crippen LogP contribution in [0.1, 0.15) is 5.56 Å². The number of hydrogen-bond acceptors (Lipinski definition) is 5. The number of hydrogen-bond donors (Lipinski definition) is 0. The van der Waals surface area contributed by atoms with Crippen LogP contribution >= 0.6 is 0 Å². The lowest BCUT2D eigenvalue weighted by Gasteiger charge is -2.24. The Morgan fingerprint density at radius 2 is 2.25 bits per heavy atom. The smallest absolute Gasteiger partial charge is 0.313 e. The van der Waals surface area contributed by atoms with Crippen LogP contribution in [-0.4, -0.2) is 44.1 Å². The molecule has 0 aliphatic carbocycles. The molecule has 0 bridgehead atoms. The Kier molecular flexibility index (Phi) is 3.94. The molecule has 1 aromatic rings. The van der Waals surface area contributed by atoms with Crippen LogP contribution in [0.15, 0.2) is 24.4 Å². The first kappa shape index (κ1) is 14.3. The second-order valence-electron chi connectivity index (χ2n) is 5.12. The lowest BCUT2D eigenvalue weighted by Crippen LogP contribution is -2.27. The highest BCUT2D eigenvalue weighted by Crippen LogP contribution is 2.39. The molecule has 0 aromatic heterocycles. The lowest BCUT2D eigenvalue weighted by atomic mass is 10.1. The summed E-state index contributed by atoms with van der Waals surface area (Å²) < 4.78 is 5.10. The van der Waals surface area contributed by atoms with Crippen molar-refractivity contribution in [3.63, 3.8) is 0 Å². The molecule has 6 nitrogen and oxygen atoms in total. The first-order valence-corrected chi connectivity index (χ1v) is 6.39. The van der Waals surface area contributed by atoms with Crippen LogP contribution < -0.4 is 9.64 Å². The van der Waals surface area contributed by atoms with Gasteiger partial charge in [0.15, 0.2) is 5.75 Å². The third-order valence-electron chi connectivity index (χ3n) is 3.35. The quantitative estimate of drug-likeness (QED) is 0.609. The highest BCUT2D eigenvalue weighted by Gasteiger charge is 2.27. The van der Waals surface area contributed by atoms with E-state index in [2.05, 4.69) is 6.58 Å². The number of methoxy groups -OCH3 is 1. The van der Waals surface area contributed by atoms with Crippen LogP contribution in [0.5, 0.6) is 5.75 Å². The summed E-state index contributed by atoms with van der Waals surface area (Å²) in [5.41, 5.74) is 2.86. The Bertz CT molecular complexity index is 555. The van der Waals surface area contributed by atoms with Crippen LogP contribution in [0.4, 0.5) is 11.4 Å². The van der Waals surface area contributed by atoms with Gasteiger partial charge in [-0.1, -0.05) is 6.58 Å². The second-order valence-corrected chi connectivity index (χ2v) is 5.12. The summed E-state index contributed by atoms with van der Waals surface area (Å²) in [4.78, 5) is 14.8. The minimum atomic E-state index is -0.412. The van der Waals surface area contributed by atoms with Crippen molar-refractivity contribution in [2.45, 2.75) is 6.42 Å². The lowest BCUT2D eigenvalue weighted by molar-refractivity contribution is -0.385. The average molecular weight is 277 g/mol. The molecule has 0 amide bonds. The monoisotopic (exact) mass is 277 g/mol. The Morgan fingerprint density at radius 1 is 1.55 bits per heavy atom. The van der Waals surface area contributed by atoms with E-state index in [0.29, 0.717) is 5.75 Å². The summed E-state index contributed by atoms with van der Waals surface area (Å²) in [5.74, 6) is 0.314. The number of likely N-dealkylation sites (N-methyl/N-ethyl adjacent to an activating group) is 1. The van der Waals surface area contributed by atoms with Gasteiger partial charge < -0.3 is 14.5 Å². The standard InChI is InChI=1S/C14H19N3O3/c1-10(9-15(2)3)16-6-5-11-7-14(20-4)13(17(18)19)8-12(11)16/h7-8H,1,5-6,9H2,2-4H3. The Labute approximate surface area is 118 Å². The topological polar surface area (TPSA) is 58.8 Å². The van der Waals surface area contributed by atoms with Crippen LogP contribution in [0.2, 0.25) is 0 Å². The van der Waals surface area contributed by atoms with E-state index in [-0.39, 0.29) is 5.69 Å². The number of nitrogens with zero attached hydrogens (tertiary/aromatic N) is 3. The summed E-state index contributed by atoms with van der Waals surface area (Å²) in [6.45, 7) is 5.60. The molecule has 1 heterocycles. The predicted molar refractivity (Wildman–Crippen MR) is 78.4 cm³/mol. The van der Waals surface area contributed by atoms with E-state index in [1.165, 1.54) is 7.11 Å². The number of anilines is 1. The molecule has 0 N–H and O–H groups in total. The molecule has 1 aromatic carbocycles. The number of rotatable bonds is 5. The second kappa shape index (κ2) is 5.50. The fourth-order valence-corrected chi connectivity index (χ4v) is 2.49. The normalized spacial score (nSPS) is 13.5. The van der Waals surface area contributed by atoms with E-state index in [1.807, 2.05) is 23.9 Å². The van der Waals surface area contributed by atoms with E-state index in [1.54, 1.807) is 12.1 Å². The molecule has 108 valence electrons. The highest BCUT2D eigenvalue weighted by molar-refractivity contribution is 5.69. The van der Waals surface area contributed by atoms with Gasteiger partial charge >= 0.3 is 5.69 Å². The molecular formula is C14H19N3O3. The van der Waals surface area contributed by atoms with E-state index in [9.17, 15) is 10.1 Å². The third kappa shape index (κ3) is 2.60. The van der Waals surface area contributed by atoms with E-state index >= 15 is 0 Å². The maximum Gasteiger partial charge on any atom is 0.313 e. The van der Waals surface area contributed by atoms with Gasteiger partial charge in [0.05, 0.1) is 17.7 Å². The number of benzene rings is 1. The highest BCUT2D eigenvalue weighted by atomic mass is 16.6. The zero-order valence-corrected chi connectivity index (χ0v) is 12.0. The molecular weight excluding hydrogens is 258 g/mol. The zero-order chi connectivity index (χ0) is 14.9. The Morgan fingerprint density at radius 3 is 2.80 bits per heavy atom. The molecule has 1 aliphatic rings. The fourth-order valence-electron chi connectivity index (χ4n) is 2.49. The summed E-state index contributed by atoms with van der Waals surface area (Å²) in [6.07, 6.45) is 0.843. The van der Waals surface area contributed by atoms with Gasteiger partial charge in [-0.25, -0.2) is 0 Å². The molecule has 0 saturated carbocycles. The average Bonchev–Trinajstić information content (AvgIpc) is 2.78. The maximum atomic E-state index is 11.1. The molecule has 0 fully saturated rings. The van der Waals surface area contributed by atoms with E-state index in [4.69, 9.17) is 4.74 Å². The molecule has 0 radical (unpaired) electrons. The molecule has 0 spiro atoms. The SMILES string of the molecule is C=C(CN(C)C)N1CCc2cc(OC)c([N+](=O)[O-])cc21. The molecule has 20 heavy (non-hydrogen) atoms. The largest absolute Gasteiger partial charge is 0.490 e. The number of nitro groups is 1. The van der Waals surface area contributed by atoms with Crippen molar-refractivity contribution in [1.82, 2.24) is 4.90 Å². The first-order chi connectivity index (χ1) is 9.43. The van der Waals surface area contributed by atoms with Crippen molar-refractivity contribution in [1.29, 1.82) is 0 Å². The number of ether oxygens (including phenoxy) is 1. The minimum Gasteiger partial charge on any atom is -0.490 e.